The number of ketones is 1. The molecular formula is C35H31NO4. The summed E-state index contributed by atoms with van der Waals surface area (Å²) in [6, 6.07) is 29.2. The fraction of sp³-hybridized carbons (Fsp3) is 0.286. The first kappa shape index (κ1) is 23.9. The molecule has 4 aromatic carbocycles. The van der Waals surface area contributed by atoms with Crippen molar-refractivity contribution >= 4 is 16.6 Å². The third kappa shape index (κ3) is 3.19. The van der Waals surface area contributed by atoms with Crippen LogP contribution in [-0.4, -0.2) is 42.0 Å². The number of hydrogen-bond acceptors (Lipinski definition) is 5. The Balaban J connectivity index is 1.25. The predicted octanol–water partition coefficient (Wildman–Crippen LogP) is 5.77. The van der Waals surface area contributed by atoms with Crippen molar-refractivity contribution in [3.63, 3.8) is 0 Å². The molecule has 2 heterocycles. The molecule has 200 valence electrons. The number of carbonyl (C=O) groups excluding carboxylic acids is 1. The van der Waals surface area contributed by atoms with Gasteiger partial charge < -0.3 is 14.2 Å². The highest BCUT2D eigenvalue weighted by atomic mass is 16.5. The maximum atomic E-state index is 13.6. The zero-order valence-electron chi connectivity index (χ0n) is 22.5. The largest absolute Gasteiger partial charge is 0.485 e. The van der Waals surface area contributed by atoms with Gasteiger partial charge in [-0.25, -0.2) is 0 Å². The van der Waals surface area contributed by atoms with Crippen LogP contribution in [0.25, 0.3) is 10.8 Å². The molecule has 0 saturated carbocycles. The minimum absolute atomic E-state index is 0.00532. The van der Waals surface area contributed by atoms with Crippen molar-refractivity contribution in [3.05, 3.63) is 119 Å². The van der Waals surface area contributed by atoms with E-state index in [9.17, 15) is 4.79 Å². The van der Waals surface area contributed by atoms with Gasteiger partial charge in [0.25, 0.3) is 0 Å². The molecule has 0 amide bonds. The minimum Gasteiger partial charge on any atom is -0.485 e. The van der Waals surface area contributed by atoms with Gasteiger partial charge in [-0.1, -0.05) is 78.9 Å². The van der Waals surface area contributed by atoms with Crippen molar-refractivity contribution in [2.24, 2.45) is 0 Å². The van der Waals surface area contributed by atoms with E-state index in [1.807, 2.05) is 24.3 Å². The molecule has 2 bridgehead atoms. The van der Waals surface area contributed by atoms with Crippen LogP contribution < -0.4 is 9.47 Å². The van der Waals surface area contributed by atoms with E-state index < -0.39 is 17.1 Å². The molecule has 1 fully saturated rings. The minimum atomic E-state index is -0.703. The smallest absolute Gasteiger partial charge is 0.196 e. The Morgan fingerprint density at radius 2 is 1.77 bits per heavy atom. The third-order valence-electron chi connectivity index (χ3n) is 9.67. The summed E-state index contributed by atoms with van der Waals surface area (Å²) in [6.45, 7) is 1.76. The molecule has 1 saturated heterocycles. The summed E-state index contributed by atoms with van der Waals surface area (Å²) >= 11 is 0. The zero-order chi connectivity index (χ0) is 26.9. The molecule has 4 aromatic rings. The fourth-order valence-corrected chi connectivity index (χ4v) is 7.82. The van der Waals surface area contributed by atoms with Crippen LogP contribution in [0, 0.1) is 0 Å². The highest BCUT2D eigenvalue weighted by Gasteiger charge is 2.72. The summed E-state index contributed by atoms with van der Waals surface area (Å²) in [4.78, 5) is 16.0. The first-order chi connectivity index (χ1) is 19.6. The molecule has 4 aliphatic rings. The number of nitrogens with zero attached hydrogens (tertiary/aromatic N) is 1. The van der Waals surface area contributed by atoms with E-state index in [1.54, 1.807) is 6.08 Å². The lowest BCUT2D eigenvalue weighted by molar-refractivity contribution is -0.178. The molecule has 2 aliphatic carbocycles. The van der Waals surface area contributed by atoms with Gasteiger partial charge in [-0.2, -0.15) is 0 Å². The normalized spacial score (nSPS) is 27.9. The van der Waals surface area contributed by atoms with Crippen molar-refractivity contribution in [1.82, 2.24) is 4.90 Å². The molecule has 0 N–H and O–H groups in total. The SMILES string of the molecule is CN1CC[C@]23c4c5ccc(OCc6ccccc6)c4O[C@H]2C(=O)C=C[C@@]3(OCc2cccc3ccccc23)[C@H]1C5. The summed E-state index contributed by atoms with van der Waals surface area (Å²) in [5.74, 6) is 1.42. The number of benzene rings is 4. The second-order valence-electron chi connectivity index (χ2n) is 11.6. The Morgan fingerprint density at radius 1 is 0.950 bits per heavy atom. The molecule has 4 atom stereocenters. The quantitative estimate of drug-likeness (QED) is 0.317. The average molecular weight is 530 g/mol. The standard InChI is InChI=1S/C35H31NO4/c1-36-19-18-34-31-25-14-15-29(38-21-23-8-3-2-4-9-23)32(31)40-33(34)28(37)16-17-35(34,30(36)20-25)39-22-26-12-7-11-24-10-5-6-13-27(24)26/h2-17,30,33H,18-22H2,1H3/t30-,33+,34+,35-/m1/s1. The van der Waals surface area contributed by atoms with Crippen molar-refractivity contribution in [2.45, 2.75) is 49.2 Å². The van der Waals surface area contributed by atoms with Crippen molar-refractivity contribution in [3.8, 4) is 11.5 Å². The van der Waals surface area contributed by atoms with E-state index in [0.717, 1.165) is 41.8 Å². The monoisotopic (exact) mass is 529 g/mol. The molecule has 0 unspecified atom stereocenters. The van der Waals surface area contributed by atoms with E-state index in [4.69, 9.17) is 14.2 Å². The first-order valence-corrected chi connectivity index (χ1v) is 14.1. The average Bonchev–Trinajstić information content (AvgIpc) is 3.35. The van der Waals surface area contributed by atoms with Gasteiger partial charge >= 0.3 is 0 Å². The summed E-state index contributed by atoms with van der Waals surface area (Å²) in [6.07, 6.45) is 4.74. The Bertz CT molecular complexity index is 1670. The number of ether oxygens (including phenoxy) is 3. The lowest BCUT2D eigenvalue weighted by atomic mass is 9.50. The number of fused-ring (bicyclic) bond motifs is 1. The molecule has 0 aromatic heterocycles. The molecule has 1 spiro atoms. The first-order valence-electron chi connectivity index (χ1n) is 14.1. The van der Waals surface area contributed by atoms with Gasteiger partial charge in [-0.3, -0.25) is 9.69 Å². The van der Waals surface area contributed by atoms with E-state index >= 15 is 0 Å². The van der Waals surface area contributed by atoms with Crippen LogP contribution in [0.1, 0.15) is 28.7 Å². The van der Waals surface area contributed by atoms with Gasteiger partial charge in [0, 0.05) is 11.6 Å². The maximum Gasteiger partial charge on any atom is 0.196 e. The molecule has 2 aliphatic heterocycles. The van der Waals surface area contributed by atoms with Crippen LogP contribution in [0.2, 0.25) is 0 Å². The lowest BCUT2D eigenvalue weighted by Gasteiger charge is -2.62. The zero-order valence-corrected chi connectivity index (χ0v) is 22.5. The number of rotatable bonds is 6. The number of piperidine rings is 1. The van der Waals surface area contributed by atoms with Crippen LogP contribution in [-0.2, 0) is 34.6 Å². The Labute approximate surface area is 234 Å². The Kier molecular flexibility index (Phi) is 5.25. The van der Waals surface area contributed by atoms with E-state index in [0.29, 0.717) is 19.0 Å². The van der Waals surface area contributed by atoms with E-state index in [1.165, 1.54) is 16.3 Å². The number of carbonyl (C=O) groups is 1. The maximum absolute atomic E-state index is 13.6. The second-order valence-corrected chi connectivity index (χ2v) is 11.6. The van der Waals surface area contributed by atoms with Crippen molar-refractivity contribution < 1.29 is 19.0 Å². The molecule has 8 rings (SSSR count). The number of hydrogen-bond donors (Lipinski definition) is 0. The third-order valence-corrected chi connectivity index (χ3v) is 9.67. The molecule has 0 radical (unpaired) electrons. The van der Waals surface area contributed by atoms with Crippen LogP contribution in [0.5, 0.6) is 11.5 Å². The van der Waals surface area contributed by atoms with Crippen molar-refractivity contribution in [2.75, 3.05) is 13.6 Å². The lowest BCUT2D eigenvalue weighted by Crippen LogP contribution is -2.75. The topological polar surface area (TPSA) is 48.0 Å². The number of likely N-dealkylation sites (N-methyl/N-ethyl adjacent to an activating group) is 1. The number of likely N-dealkylation sites (tertiary alicyclic amines) is 1. The van der Waals surface area contributed by atoms with E-state index in [-0.39, 0.29) is 11.8 Å². The van der Waals surface area contributed by atoms with Gasteiger partial charge in [0.1, 0.15) is 12.2 Å². The summed E-state index contributed by atoms with van der Waals surface area (Å²) in [5, 5.41) is 2.39. The van der Waals surface area contributed by atoms with Crippen molar-refractivity contribution in [1.29, 1.82) is 0 Å². The van der Waals surface area contributed by atoms with Crippen LogP contribution in [0.4, 0.5) is 0 Å². The molecule has 5 heteroatoms. The van der Waals surface area contributed by atoms with Crippen LogP contribution in [0.3, 0.4) is 0 Å². The van der Waals surface area contributed by atoms with Crippen LogP contribution >= 0.6 is 0 Å². The Hall–Kier alpha value is -3.93. The molecule has 5 nitrogen and oxygen atoms in total. The highest BCUT2D eigenvalue weighted by molar-refractivity contribution is 5.99. The summed E-state index contributed by atoms with van der Waals surface area (Å²) < 4.78 is 20.2. The predicted molar refractivity (Wildman–Crippen MR) is 154 cm³/mol. The van der Waals surface area contributed by atoms with Gasteiger partial charge in [-0.05, 0) is 72.1 Å². The Morgan fingerprint density at radius 3 is 2.67 bits per heavy atom. The summed E-state index contributed by atoms with van der Waals surface area (Å²) in [7, 11) is 2.18. The molecule has 40 heavy (non-hydrogen) atoms. The van der Waals surface area contributed by atoms with Crippen LogP contribution in [0.15, 0.2) is 97.1 Å². The van der Waals surface area contributed by atoms with Gasteiger partial charge in [0.2, 0.25) is 0 Å². The van der Waals surface area contributed by atoms with Gasteiger partial charge in [0.05, 0.1) is 12.0 Å². The molecular weight excluding hydrogens is 498 g/mol. The van der Waals surface area contributed by atoms with Gasteiger partial charge in [-0.15, -0.1) is 0 Å². The second kappa shape index (κ2) is 8.79. The van der Waals surface area contributed by atoms with E-state index in [2.05, 4.69) is 78.7 Å². The van der Waals surface area contributed by atoms with Gasteiger partial charge in [0.15, 0.2) is 23.4 Å². The fourth-order valence-electron chi connectivity index (χ4n) is 7.82. The summed E-state index contributed by atoms with van der Waals surface area (Å²) in [5.41, 5.74) is 3.28. The highest BCUT2D eigenvalue weighted by Crippen LogP contribution is 2.64.